The minimum absolute atomic E-state index is 0.0654. The van der Waals surface area contributed by atoms with Gasteiger partial charge in [-0.3, -0.25) is 4.90 Å². The lowest BCUT2D eigenvalue weighted by atomic mass is 10.1. The zero-order valence-electron chi connectivity index (χ0n) is 10.2. The molecule has 4 nitrogen and oxygen atoms in total. The monoisotopic (exact) mass is 271 g/mol. The van der Waals surface area contributed by atoms with Gasteiger partial charge in [0.15, 0.2) is 0 Å². The van der Waals surface area contributed by atoms with Crippen LogP contribution in [0.1, 0.15) is 19.3 Å². The minimum Gasteiger partial charge on any atom is -0.396 e. The highest BCUT2D eigenvalue weighted by atomic mass is 19.4. The van der Waals surface area contributed by atoms with Gasteiger partial charge in [0.05, 0.1) is 12.7 Å². The highest BCUT2D eigenvalue weighted by molar-refractivity contribution is 4.88. The quantitative estimate of drug-likeness (QED) is 0.718. The number of alkyl halides is 3. The predicted molar refractivity (Wildman–Crippen MR) is 59.2 cm³/mol. The maximum Gasteiger partial charge on any atom is 0.406 e. The van der Waals surface area contributed by atoms with Crippen LogP contribution in [-0.4, -0.2) is 66.3 Å². The van der Waals surface area contributed by atoms with Crippen molar-refractivity contribution in [1.82, 2.24) is 4.90 Å². The molecule has 1 aliphatic heterocycles. The minimum atomic E-state index is -4.39. The molecule has 7 heteroatoms. The number of hydrogen-bond acceptors (Lipinski definition) is 4. The lowest BCUT2D eigenvalue weighted by Crippen LogP contribution is -2.54. The Labute approximate surface area is 104 Å². The number of hydrogen-bond donors (Lipinski definition) is 2. The summed E-state index contributed by atoms with van der Waals surface area (Å²) in [5.74, 6) is 0. The van der Waals surface area contributed by atoms with Crippen molar-refractivity contribution in [3.8, 4) is 0 Å². The SMILES string of the molecule is OCCCN(CCO)C(C1CCCO1)C(F)(F)F. The van der Waals surface area contributed by atoms with Gasteiger partial charge >= 0.3 is 6.18 Å². The van der Waals surface area contributed by atoms with Gasteiger partial charge in [-0.1, -0.05) is 0 Å². The van der Waals surface area contributed by atoms with Gasteiger partial charge in [0, 0.05) is 26.3 Å². The Morgan fingerprint density at radius 2 is 1.94 bits per heavy atom. The number of nitrogens with zero attached hydrogens (tertiary/aromatic N) is 1. The van der Waals surface area contributed by atoms with Crippen LogP contribution in [0.3, 0.4) is 0 Å². The van der Waals surface area contributed by atoms with Gasteiger partial charge in [-0.15, -0.1) is 0 Å². The molecular weight excluding hydrogens is 251 g/mol. The maximum atomic E-state index is 13.1. The van der Waals surface area contributed by atoms with E-state index < -0.39 is 18.3 Å². The van der Waals surface area contributed by atoms with E-state index in [1.54, 1.807) is 0 Å². The van der Waals surface area contributed by atoms with Crippen LogP contribution in [0, 0.1) is 0 Å². The molecule has 2 atom stereocenters. The average molecular weight is 271 g/mol. The van der Waals surface area contributed by atoms with Crippen molar-refractivity contribution in [2.75, 3.05) is 32.9 Å². The molecule has 1 saturated heterocycles. The van der Waals surface area contributed by atoms with E-state index in [1.807, 2.05) is 0 Å². The molecule has 1 rings (SSSR count). The summed E-state index contributed by atoms with van der Waals surface area (Å²) in [4.78, 5) is 1.16. The Morgan fingerprint density at radius 3 is 2.39 bits per heavy atom. The predicted octanol–water partition coefficient (Wildman–Crippen LogP) is 0.773. The first-order valence-electron chi connectivity index (χ1n) is 6.14. The van der Waals surface area contributed by atoms with Gasteiger partial charge in [0.2, 0.25) is 0 Å². The van der Waals surface area contributed by atoms with Crippen LogP contribution in [0.5, 0.6) is 0 Å². The molecule has 2 N–H and O–H groups in total. The van der Waals surface area contributed by atoms with Crippen molar-refractivity contribution in [2.24, 2.45) is 0 Å². The highest BCUT2D eigenvalue weighted by Gasteiger charge is 2.49. The third-order valence-corrected chi connectivity index (χ3v) is 3.04. The molecular formula is C11H20F3NO3. The lowest BCUT2D eigenvalue weighted by molar-refractivity contribution is -0.210. The Balaban J connectivity index is 2.75. The van der Waals surface area contributed by atoms with Crippen molar-refractivity contribution in [3.05, 3.63) is 0 Å². The molecule has 108 valence electrons. The zero-order valence-corrected chi connectivity index (χ0v) is 10.2. The van der Waals surface area contributed by atoms with Crippen LogP contribution in [-0.2, 0) is 4.74 Å². The van der Waals surface area contributed by atoms with Crippen LogP contribution < -0.4 is 0 Å². The van der Waals surface area contributed by atoms with E-state index in [-0.39, 0.29) is 32.7 Å². The molecule has 1 aliphatic rings. The molecule has 18 heavy (non-hydrogen) atoms. The van der Waals surface area contributed by atoms with Crippen LogP contribution in [0.15, 0.2) is 0 Å². The second-order valence-corrected chi connectivity index (χ2v) is 4.37. The Morgan fingerprint density at radius 1 is 1.22 bits per heavy atom. The maximum absolute atomic E-state index is 13.1. The summed E-state index contributed by atoms with van der Waals surface area (Å²) < 4.78 is 44.5. The van der Waals surface area contributed by atoms with Crippen molar-refractivity contribution in [1.29, 1.82) is 0 Å². The first kappa shape index (κ1) is 15.7. The zero-order chi connectivity index (χ0) is 13.6. The summed E-state index contributed by atoms with van der Waals surface area (Å²) in [5, 5.41) is 17.6. The third kappa shape index (κ3) is 4.38. The van der Waals surface area contributed by atoms with Gasteiger partial charge in [-0.25, -0.2) is 0 Å². The summed E-state index contributed by atoms with van der Waals surface area (Å²) >= 11 is 0. The highest BCUT2D eigenvalue weighted by Crippen LogP contribution is 2.32. The molecule has 2 unspecified atom stereocenters. The van der Waals surface area contributed by atoms with Gasteiger partial charge in [-0.05, 0) is 19.3 Å². The van der Waals surface area contributed by atoms with E-state index in [4.69, 9.17) is 14.9 Å². The Kier molecular flexibility index (Phi) is 6.34. The van der Waals surface area contributed by atoms with Crippen molar-refractivity contribution >= 4 is 0 Å². The first-order valence-corrected chi connectivity index (χ1v) is 6.14. The fraction of sp³-hybridized carbons (Fsp3) is 1.00. The average Bonchev–Trinajstić information content (AvgIpc) is 2.77. The molecule has 0 aromatic rings. The first-order chi connectivity index (χ1) is 8.50. The smallest absolute Gasteiger partial charge is 0.396 e. The standard InChI is InChI=1S/C11H20F3NO3/c12-11(13,14)10(9-3-1-8-18-9)15(5-7-17)4-2-6-16/h9-10,16-17H,1-8H2. The number of halogens is 3. The molecule has 0 radical (unpaired) electrons. The largest absolute Gasteiger partial charge is 0.406 e. The Bertz CT molecular complexity index is 232. The molecule has 1 heterocycles. The fourth-order valence-corrected chi connectivity index (χ4v) is 2.30. The summed E-state index contributed by atoms with van der Waals surface area (Å²) in [7, 11) is 0. The summed E-state index contributed by atoms with van der Waals surface area (Å²) in [6.45, 7) is -0.127. The Hall–Kier alpha value is -0.370. The van der Waals surface area contributed by atoms with E-state index in [0.717, 1.165) is 4.90 Å². The summed E-state index contributed by atoms with van der Waals surface area (Å²) in [5.41, 5.74) is 0. The topological polar surface area (TPSA) is 52.9 Å². The van der Waals surface area contributed by atoms with E-state index in [9.17, 15) is 13.2 Å². The number of aliphatic hydroxyl groups is 2. The van der Waals surface area contributed by atoms with Crippen molar-refractivity contribution < 1.29 is 28.1 Å². The molecule has 0 aromatic carbocycles. The molecule has 0 aromatic heterocycles. The van der Waals surface area contributed by atoms with E-state index in [1.165, 1.54) is 0 Å². The van der Waals surface area contributed by atoms with E-state index in [2.05, 4.69) is 0 Å². The molecule has 0 bridgehead atoms. The second kappa shape index (κ2) is 7.28. The normalized spacial score (nSPS) is 22.7. The van der Waals surface area contributed by atoms with E-state index in [0.29, 0.717) is 19.4 Å². The second-order valence-electron chi connectivity index (χ2n) is 4.37. The number of aliphatic hydroxyl groups excluding tert-OH is 2. The molecule has 0 spiro atoms. The fourth-order valence-electron chi connectivity index (χ4n) is 2.30. The van der Waals surface area contributed by atoms with Gasteiger partial charge in [-0.2, -0.15) is 13.2 Å². The molecule has 0 amide bonds. The lowest BCUT2D eigenvalue weighted by Gasteiger charge is -2.35. The number of ether oxygens (including phenoxy) is 1. The summed E-state index contributed by atoms with van der Waals surface area (Å²) in [6, 6.07) is -1.70. The molecule has 1 fully saturated rings. The van der Waals surface area contributed by atoms with Crippen molar-refractivity contribution in [2.45, 2.75) is 37.6 Å². The number of rotatable bonds is 7. The van der Waals surface area contributed by atoms with Crippen molar-refractivity contribution in [3.63, 3.8) is 0 Å². The van der Waals surface area contributed by atoms with Gasteiger partial charge in [0.25, 0.3) is 0 Å². The van der Waals surface area contributed by atoms with Gasteiger partial charge < -0.3 is 14.9 Å². The van der Waals surface area contributed by atoms with E-state index >= 15 is 0 Å². The van der Waals surface area contributed by atoms with Crippen LogP contribution >= 0.6 is 0 Å². The molecule has 0 aliphatic carbocycles. The van der Waals surface area contributed by atoms with Crippen LogP contribution in [0.2, 0.25) is 0 Å². The van der Waals surface area contributed by atoms with Crippen LogP contribution in [0.25, 0.3) is 0 Å². The third-order valence-electron chi connectivity index (χ3n) is 3.04. The summed E-state index contributed by atoms with van der Waals surface area (Å²) in [6.07, 6.45) is -4.00. The molecule has 0 saturated carbocycles. The van der Waals surface area contributed by atoms with Gasteiger partial charge in [0.1, 0.15) is 6.04 Å². The van der Waals surface area contributed by atoms with Crippen LogP contribution in [0.4, 0.5) is 13.2 Å².